The largest absolute Gasteiger partial charge is 0.339 e. The van der Waals surface area contributed by atoms with E-state index in [9.17, 15) is 4.79 Å². The molecule has 2 nitrogen and oxygen atoms in total. The minimum atomic E-state index is 0.0992. The van der Waals surface area contributed by atoms with Gasteiger partial charge >= 0.3 is 0 Å². The molecule has 0 N–H and O–H groups in total. The highest BCUT2D eigenvalue weighted by molar-refractivity contribution is 5.97. The number of rotatable bonds is 3. The van der Waals surface area contributed by atoms with Crippen LogP contribution in [0.1, 0.15) is 26.2 Å². The molecule has 1 fully saturated rings. The van der Waals surface area contributed by atoms with E-state index in [1.165, 1.54) is 6.42 Å². The lowest BCUT2D eigenvalue weighted by Gasteiger charge is -2.27. The van der Waals surface area contributed by atoms with Gasteiger partial charge in [0.1, 0.15) is 0 Å². The van der Waals surface area contributed by atoms with Crippen LogP contribution in [0.25, 0.3) is 0 Å². The van der Waals surface area contributed by atoms with E-state index in [0.717, 1.165) is 31.5 Å². The van der Waals surface area contributed by atoms with Gasteiger partial charge in [-0.15, -0.1) is 0 Å². The molecular weight excluding hydrogens is 186 g/mol. The molecule has 0 aromatic heterocycles. The Bertz CT molecular complexity index is 296. The number of nitrogens with zero attached hydrogens (tertiary/aromatic N) is 1. The van der Waals surface area contributed by atoms with Crippen LogP contribution in [0.2, 0.25) is 0 Å². The van der Waals surface area contributed by atoms with Crippen molar-refractivity contribution in [2.75, 3.05) is 13.1 Å². The van der Waals surface area contributed by atoms with Crippen molar-refractivity contribution in [1.29, 1.82) is 0 Å². The lowest BCUT2D eigenvalue weighted by Crippen LogP contribution is -2.36. The predicted molar refractivity (Wildman–Crippen MR) is 63.5 cm³/mol. The van der Waals surface area contributed by atoms with Crippen molar-refractivity contribution >= 4 is 5.91 Å². The van der Waals surface area contributed by atoms with E-state index in [4.69, 9.17) is 0 Å². The molecule has 1 saturated heterocycles. The van der Waals surface area contributed by atoms with Gasteiger partial charge in [-0.3, -0.25) is 4.79 Å². The molecule has 0 aromatic rings. The summed E-state index contributed by atoms with van der Waals surface area (Å²) in [6.45, 7) is 11.1. The molecule has 1 aliphatic heterocycles. The Morgan fingerprint density at radius 3 is 2.33 bits per heavy atom. The van der Waals surface area contributed by atoms with Crippen LogP contribution in [0, 0.1) is 0 Å². The third kappa shape index (κ3) is 3.08. The molecule has 0 bridgehead atoms. The molecule has 1 heterocycles. The lowest BCUT2D eigenvalue weighted by molar-refractivity contribution is -0.127. The Kier molecular flexibility index (Phi) is 4.35. The van der Waals surface area contributed by atoms with Crippen molar-refractivity contribution in [3.05, 3.63) is 36.5 Å². The second kappa shape index (κ2) is 5.54. The molecule has 15 heavy (non-hydrogen) atoms. The number of piperidine rings is 1. The Morgan fingerprint density at radius 1 is 1.27 bits per heavy atom. The smallest absolute Gasteiger partial charge is 0.254 e. The summed E-state index contributed by atoms with van der Waals surface area (Å²) < 4.78 is 0. The maximum absolute atomic E-state index is 12.1. The zero-order valence-electron chi connectivity index (χ0n) is 9.46. The molecule has 0 atom stereocenters. The van der Waals surface area contributed by atoms with Crippen LogP contribution >= 0.6 is 0 Å². The number of carbonyl (C=O) groups is 1. The minimum Gasteiger partial charge on any atom is -0.339 e. The fourth-order valence-corrected chi connectivity index (χ4v) is 1.78. The standard InChI is InChI=1S/C13H19NO/c1-4-8-12(11(2)3)13(15)14-9-6-5-7-10-14/h4,8H,1-2,5-7,9-10H2,3H3/b12-8+. The van der Waals surface area contributed by atoms with Crippen molar-refractivity contribution in [2.24, 2.45) is 0 Å². The topological polar surface area (TPSA) is 20.3 Å². The lowest BCUT2D eigenvalue weighted by atomic mass is 10.0. The highest BCUT2D eigenvalue weighted by atomic mass is 16.2. The third-order valence-corrected chi connectivity index (χ3v) is 2.62. The summed E-state index contributed by atoms with van der Waals surface area (Å²) >= 11 is 0. The highest BCUT2D eigenvalue weighted by Crippen LogP contribution is 2.16. The first kappa shape index (κ1) is 11.8. The molecule has 1 amide bonds. The van der Waals surface area contributed by atoms with Crippen LogP contribution < -0.4 is 0 Å². The average Bonchev–Trinajstić information content (AvgIpc) is 2.26. The first-order valence-electron chi connectivity index (χ1n) is 5.44. The number of likely N-dealkylation sites (tertiary alicyclic amines) is 1. The highest BCUT2D eigenvalue weighted by Gasteiger charge is 2.19. The molecule has 0 aliphatic carbocycles. The van der Waals surface area contributed by atoms with Gasteiger partial charge in [0.15, 0.2) is 0 Å². The van der Waals surface area contributed by atoms with Gasteiger partial charge < -0.3 is 4.90 Å². The molecule has 82 valence electrons. The van der Waals surface area contributed by atoms with Gasteiger partial charge in [0.25, 0.3) is 5.91 Å². The number of carbonyl (C=O) groups excluding carboxylic acids is 1. The van der Waals surface area contributed by atoms with Gasteiger partial charge in [-0.2, -0.15) is 0 Å². The zero-order valence-corrected chi connectivity index (χ0v) is 9.46. The maximum Gasteiger partial charge on any atom is 0.254 e. The first-order chi connectivity index (χ1) is 7.16. The maximum atomic E-state index is 12.1. The Balaban J connectivity index is 2.75. The molecule has 1 aliphatic rings. The van der Waals surface area contributed by atoms with E-state index >= 15 is 0 Å². The summed E-state index contributed by atoms with van der Waals surface area (Å²) in [5.41, 5.74) is 1.50. The van der Waals surface area contributed by atoms with Crippen molar-refractivity contribution in [2.45, 2.75) is 26.2 Å². The van der Waals surface area contributed by atoms with Gasteiger partial charge in [-0.25, -0.2) is 0 Å². The summed E-state index contributed by atoms with van der Waals surface area (Å²) in [6, 6.07) is 0. The molecule has 0 unspecified atom stereocenters. The Morgan fingerprint density at radius 2 is 1.87 bits per heavy atom. The molecule has 0 spiro atoms. The normalized spacial score (nSPS) is 17.4. The number of allylic oxidation sites excluding steroid dienone is 2. The fourth-order valence-electron chi connectivity index (χ4n) is 1.78. The first-order valence-corrected chi connectivity index (χ1v) is 5.44. The number of amides is 1. The summed E-state index contributed by atoms with van der Waals surface area (Å²) in [7, 11) is 0. The van der Waals surface area contributed by atoms with Gasteiger partial charge in [-0.1, -0.05) is 19.2 Å². The van der Waals surface area contributed by atoms with E-state index in [1.54, 1.807) is 12.2 Å². The summed E-state index contributed by atoms with van der Waals surface area (Å²) in [6.07, 6.45) is 6.86. The average molecular weight is 205 g/mol. The van der Waals surface area contributed by atoms with Crippen LogP contribution in [0.4, 0.5) is 0 Å². The second-order valence-corrected chi connectivity index (χ2v) is 3.95. The van der Waals surface area contributed by atoms with E-state index in [1.807, 2.05) is 11.8 Å². The Labute approximate surface area is 92.0 Å². The van der Waals surface area contributed by atoms with Crippen LogP contribution in [-0.4, -0.2) is 23.9 Å². The van der Waals surface area contributed by atoms with Crippen LogP contribution in [0.3, 0.4) is 0 Å². The summed E-state index contributed by atoms with van der Waals surface area (Å²) in [4.78, 5) is 14.0. The predicted octanol–water partition coefficient (Wildman–Crippen LogP) is 2.69. The summed E-state index contributed by atoms with van der Waals surface area (Å²) in [5.74, 6) is 0.0992. The second-order valence-electron chi connectivity index (χ2n) is 3.95. The van der Waals surface area contributed by atoms with Crippen LogP contribution in [0.15, 0.2) is 36.5 Å². The summed E-state index contributed by atoms with van der Waals surface area (Å²) in [5, 5.41) is 0. The third-order valence-electron chi connectivity index (χ3n) is 2.62. The SMILES string of the molecule is C=C/C=C(\C(=C)C)C(=O)N1CCCCC1. The molecule has 2 heteroatoms. The van der Waals surface area contributed by atoms with Crippen molar-refractivity contribution < 1.29 is 4.79 Å². The molecule has 0 saturated carbocycles. The molecular formula is C13H19NO. The van der Waals surface area contributed by atoms with Crippen LogP contribution in [0.5, 0.6) is 0 Å². The van der Waals surface area contributed by atoms with Gasteiger partial charge in [-0.05, 0) is 37.8 Å². The van der Waals surface area contributed by atoms with Crippen molar-refractivity contribution in [1.82, 2.24) is 4.90 Å². The minimum absolute atomic E-state index is 0.0992. The van der Waals surface area contributed by atoms with E-state index < -0.39 is 0 Å². The number of hydrogen-bond acceptors (Lipinski definition) is 1. The van der Waals surface area contributed by atoms with Gasteiger partial charge in [0, 0.05) is 18.7 Å². The fraction of sp³-hybridized carbons (Fsp3) is 0.462. The van der Waals surface area contributed by atoms with E-state index in [-0.39, 0.29) is 5.91 Å². The van der Waals surface area contributed by atoms with Crippen molar-refractivity contribution in [3.63, 3.8) is 0 Å². The Hall–Kier alpha value is -1.31. The van der Waals surface area contributed by atoms with Crippen molar-refractivity contribution in [3.8, 4) is 0 Å². The van der Waals surface area contributed by atoms with E-state index in [0.29, 0.717) is 5.57 Å². The van der Waals surface area contributed by atoms with Gasteiger partial charge in [0.2, 0.25) is 0 Å². The zero-order chi connectivity index (χ0) is 11.3. The molecule has 0 aromatic carbocycles. The van der Waals surface area contributed by atoms with Gasteiger partial charge in [0.05, 0.1) is 0 Å². The quantitative estimate of drug-likeness (QED) is 0.512. The van der Waals surface area contributed by atoms with E-state index in [2.05, 4.69) is 13.2 Å². The monoisotopic (exact) mass is 205 g/mol. The molecule has 0 radical (unpaired) electrons. The van der Waals surface area contributed by atoms with Crippen LogP contribution in [-0.2, 0) is 4.79 Å². The number of hydrogen-bond donors (Lipinski definition) is 0. The molecule has 1 rings (SSSR count).